The van der Waals surface area contributed by atoms with Crippen LogP contribution in [0.15, 0.2) is 65.6 Å². The van der Waals surface area contributed by atoms with Crippen molar-refractivity contribution in [3.8, 4) is 11.5 Å². The summed E-state index contributed by atoms with van der Waals surface area (Å²) in [4.78, 5) is 12.9. The second-order valence-electron chi connectivity index (χ2n) is 7.44. The number of fused-ring (bicyclic) bond motifs is 1. The molecule has 0 fully saturated rings. The highest BCUT2D eigenvalue weighted by molar-refractivity contribution is 7.89. The molecule has 0 atom stereocenters. The van der Waals surface area contributed by atoms with Crippen molar-refractivity contribution in [2.75, 3.05) is 18.7 Å². The molecule has 0 saturated carbocycles. The summed E-state index contributed by atoms with van der Waals surface area (Å²) >= 11 is 12.2. The van der Waals surface area contributed by atoms with E-state index in [1.54, 1.807) is 42.5 Å². The topological polar surface area (TPSA) is 84.9 Å². The number of carbonyl (C=O) groups is 1. The molecular weight excluding hydrogens is 487 g/mol. The molecule has 1 heterocycles. The van der Waals surface area contributed by atoms with E-state index >= 15 is 0 Å². The standard InChI is InChI=1S/C23H20Cl2N2O5S/c1-15-2-7-19(8-3-15)33(29,30)27(12-16-4-5-17(24)10-20(16)25)13-23(28)26-18-6-9-21-22(11-18)32-14-31-21/h2-11H,12-14H2,1H3,(H,26,28). The normalized spacial score (nSPS) is 12.7. The zero-order chi connectivity index (χ0) is 23.6. The number of hydrogen-bond donors (Lipinski definition) is 1. The molecule has 1 amide bonds. The number of ether oxygens (including phenoxy) is 2. The summed E-state index contributed by atoms with van der Waals surface area (Å²) in [7, 11) is -4.00. The molecule has 1 aliphatic heterocycles. The van der Waals surface area contributed by atoms with Gasteiger partial charge in [0.2, 0.25) is 22.7 Å². The fourth-order valence-corrected chi connectivity index (χ4v) is 5.10. The molecule has 0 aromatic heterocycles. The van der Waals surface area contributed by atoms with Gasteiger partial charge in [0, 0.05) is 28.3 Å². The van der Waals surface area contributed by atoms with Gasteiger partial charge in [0.15, 0.2) is 11.5 Å². The Morgan fingerprint density at radius 3 is 2.45 bits per heavy atom. The van der Waals surface area contributed by atoms with Crippen LogP contribution in [0.4, 0.5) is 5.69 Å². The van der Waals surface area contributed by atoms with E-state index in [0.29, 0.717) is 32.8 Å². The first-order valence-corrected chi connectivity index (χ1v) is 12.1. The number of nitrogens with zero attached hydrogens (tertiary/aromatic N) is 1. The quantitative estimate of drug-likeness (QED) is 0.494. The van der Waals surface area contributed by atoms with Gasteiger partial charge >= 0.3 is 0 Å². The number of halogens is 2. The molecule has 1 aliphatic rings. The highest BCUT2D eigenvalue weighted by Crippen LogP contribution is 2.34. The molecule has 0 bridgehead atoms. The zero-order valence-corrected chi connectivity index (χ0v) is 19.9. The Hall–Kier alpha value is -2.78. The first-order chi connectivity index (χ1) is 15.7. The van der Waals surface area contributed by atoms with E-state index in [-0.39, 0.29) is 18.2 Å². The minimum absolute atomic E-state index is 0.0778. The fraction of sp³-hybridized carbons (Fsp3) is 0.174. The minimum Gasteiger partial charge on any atom is -0.454 e. The highest BCUT2D eigenvalue weighted by atomic mass is 35.5. The number of rotatable bonds is 7. The van der Waals surface area contributed by atoms with E-state index in [1.807, 2.05) is 6.92 Å². The number of benzene rings is 3. The van der Waals surface area contributed by atoms with E-state index < -0.39 is 22.5 Å². The average Bonchev–Trinajstić information content (AvgIpc) is 3.23. The molecule has 172 valence electrons. The zero-order valence-electron chi connectivity index (χ0n) is 17.5. The largest absolute Gasteiger partial charge is 0.454 e. The van der Waals surface area contributed by atoms with E-state index in [1.165, 1.54) is 18.2 Å². The van der Waals surface area contributed by atoms with Crippen molar-refractivity contribution in [3.63, 3.8) is 0 Å². The monoisotopic (exact) mass is 506 g/mol. The molecular formula is C23H20Cl2N2O5S. The van der Waals surface area contributed by atoms with Crippen molar-refractivity contribution < 1.29 is 22.7 Å². The number of hydrogen-bond acceptors (Lipinski definition) is 5. The highest BCUT2D eigenvalue weighted by Gasteiger charge is 2.28. The van der Waals surface area contributed by atoms with Gasteiger partial charge in [-0.1, -0.05) is 47.0 Å². The van der Waals surface area contributed by atoms with Crippen LogP contribution in [-0.4, -0.2) is 32.0 Å². The van der Waals surface area contributed by atoms with Crippen LogP contribution >= 0.6 is 23.2 Å². The molecule has 3 aromatic carbocycles. The summed E-state index contributed by atoms with van der Waals surface area (Å²) < 4.78 is 38.5. The van der Waals surface area contributed by atoms with Crippen LogP contribution in [0.5, 0.6) is 11.5 Å². The second-order valence-corrected chi connectivity index (χ2v) is 10.2. The van der Waals surface area contributed by atoms with E-state index in [4.69, 9.17) is 32.7 Å². The Labute approximate surface area is 201 Å². The lowest BCUT2D eigenvalue weighted by Crippen LogP contribution is -2.37. The lowest BCUT2D eigenvalue weighted by atomic mass is 10.2. The predicted octanol–water partition coefficient (Wildman–Crippen LogP) is 4.86. The molecule has 0 unspecified atom stereocenters. The average molecular weight is 507 g/mol. The van der Waals surface area contributed by atoms with E-state index in [9.17, 15) is 13.2 Å². The number of carbonyl (C=O) groups excluding carboxylic acids is 1. The predicted molar refractivity (Wildman–Crippen MR) is 126 cm³/mol. The van der Waals surface area contributed by atoms with Gasteiger partial charge in [-0.2, -0.15) is 4.31 Å². The Bertz CT molecular complexity index is 1300. The lowest BCUT2D eigenvalue weighted by molar-refractivity contribution is -0.116. The first kappa shape index (κ1) is 23.4. The third-order valence-electron chi connectivity index (χ3n) is 5.00. The Balaban J connectivity index is 1.60. The summed E-state index contributed by atoms with van der Waals surface area (Å²) in [6.45, 7) is 1.43. The molecule has 33 heavy (non-hydrogen) atoms. The van der Waals surface area contributed by atoms with Crippen molar-refractivity contribution in [3.05, 3.63) is 81.8 Å². The number of aryl methyl sites for hydroxylation is 1. The van der Waals surface area contributed by atoms with Crippen molar-refractivity contribution in [2.45, 2.75) is 18.4 Å². The number of amides is 1. The Kier molecular flexibility index (Phi) is 6.81. The van der Waals surface area contributed by atoms with Gasteiger partial charge in [-0.25, -0.2) is 8.42 Å². The van der Waals surface area contributed by atoms with Crippen molar-refractivity contribution in [2.24, 2.45) is 0 Å². The van der Waals surface area contributed by atoms with E-state index in [2.05, 4.69) is 5.32 Å². The second kappa shape index (κ2) is 9.61. The summed E-state index contributed by atoms with van der Waals surface area (Å²) in [6.07, 6.45) is 0. The Morgan fingerprint density at radius 1 is 1.00 bits per heavy atom. The van der Waals surface area contributed by atoms with Gasteiger partial charge in [-0.3, -0.25) is 4.79 Å². The molecule has 10 heteroatoms. The van der Waals surface area contributed by atoms with Crippen molar-refractivity contribution >= 4 is 44.8 Å². The van der Waals surface area contributed by atoms with Crippen LogP contribution in [0.2, 0.25) is 10.0 Å². The maximum atomic E-state index is 13.4. The smallest absolute Gasteiger partial charge is 0.243 e. The van der Waals surface area contributed by atoms with Crippen molar-refractivity contribution in [1.29, 1.82) is 0 Å². The third-order valence-corrected chi connectivity index (χ3v) is 7.39. The molecule has 0 aliphatic carbocycles. The third kappa shape index (κ3) is 5.42. The maximum Gasteiger partial charge on any atom is 0.243 e. The molecule has 3 aromatic rings. The van der Waals surface area contributed by atoms with Crippen LogP contribution in [0, 0.1) is 6.92 Å². The molecule has 7 nitrogen and oxygen atoms in total. The van der Waals surface area contributed by atoms with E-state index in [0.717, 1.165) is 9.87 Å². The summed E-state index contributed by atoms with van der Waals surface area (Å²) in [5.41, 5.74) is 1.90. The van der Waals surface area contributed by atoms with Gasteiger partial charge in [0.1, 0.15) is 0 Å². The fourth-order valence-electron chi connectivity index (χ4n) is 3.26. The van der Waals surface area contributed by atoms with Gasteiger partial charge in [0.25, 0.3) is 0 Å². The lowest BCUT2D eigenvalue weighted by Gasteiger charge is -2.22. The Morgan fingerprint density at radius 2 is 1.73 bits per heavy atom. The SMILES string of the molecule is Cc1ccc(S(=O)(=O)N(CC(=O)Nc2ccc3c(c2)OCO3)Cc2ccc(Cl)cc2Cl)cc1. The van der Waals surface area contributed by atoms with Gasteiger partial charge in [-0.05, 0) is 48.9 Å². The first-order valence-electron chi connectivity index (χ1n) is 9.92. The molecule has 1 N–H and O–H groups in total. The minimum atomic E-state index is -4.00. The molecule has 4 rings (SSSR count). The van der Waals surface area contributed by atoms with Crippen molar-refractivity contribution in [1.82, 2.24) is 4.31 Å². The van der Waals surface area contributed by atoms with Crippen LogP contribution in [0.1, 0.15) is 11.1 Å². The summed E-state index contributed by atoms with van der Waals surface area (Å²) in [5.74, 6) is 0.563. The molecule has 0 spiro atoms. The maximum absolute atomic E-state index is 13.4. The van der Waals surface area contributed by atoms with Gasteiger partial charge < -0.3 is 14.8 Å². The van der Waals surface area contributed by atoms with Gasteiger partial charge in [-0.15, -0.1) is 0 Å². The number of sulfonamides is 1. The van der Waals surface area contributed by atoms with Crippen LogP contribution < -0.4 is 14.8 Å². The van der Waals surface area contributed by atoms with Crippen LogP contribution in [-0.2, 0) is 21.4 Å². The summed E-state index contributed by atoms with van der Waals surface area (Å²) in [5, 5.41) is 3.45. The molecule has 0 radical (unpaired) electrons. The van der Waals surface area contributed by atoms with Gasteiger partial charge in [0.05, 0.1) is 11.4 Å². The summed E-state index contributed by atoms with van der Waals surface area (Å²) in [6, 6.07) is 16.2. The number of nitrogens with one attached hydrogen (secondary N) is 1. The molecule has 0 saturated heterocycles. The van der Waals surface area contributed by atoms with Crippen LogP contribution in [0.25, 0.3) is 0 Å². The number of anilines is 1. The van der Waals surface area contributed by atoms with Crippen LogP contribution in [0.3, 0.4) is 0 Å².